The minimum atomic E-state index is -0.211. The van der Waals surface area contributed by atoms with E-state index in [9.17, 15) is 9.59 Å². The van der Waals surface area contributed by atoms with E-state index in [4.69, 9.17) is 0 Å². The Kier molecular flexibility index (Phi) is 59.0. The van der Waals surface area contributed by atoms with Crippen LogP contribution in [0.15, 0.2) is 36.4 Å². The van der Waals surface area contributed by atoms with Gasteiger partial charge in [-0.3, -0.25) is 9.59 Å². The van der Waals surface area contributed by atoms with Crippen molar-refractivity contribution >= 4 is 11.9 Å². The highest BCUT2D eigenvalue weighted by molar-refractivity contribution is 5.66. The number of esters is 2. The van der Waals surface area contributed by atoms with Gasteiger partial charge in [0.25, 0.3) is 0 Å². The van der Waals surface area contributed by atoms with Gasteiger partial charge in [0.15, 0.2) is 0 Å². The molecule has 0 bridgehead atoms. The Hall–Kier alpha value is -1.92. The fourth-order valence-electron chi connectivity index (χ4n) is 0.791. The summed E-state index contributed by atoms with van der Waals surface area (Å²) in [4.78, 5) is 19.6. The maximum atomic E-state index is 9.82. The van der Waals surface area contributed by atoms with Gasteiger partial charge in [0.1, 0.15) is 0 Å². The molecule has 0 fully saturated rings. The summed E-state index contributed by atoms with van der Waals surface area (Å²) in [6, 6.07) is 12.0. The van der Waals surface area contributed by atoms with Crippen molar-refractivity contribution in [2.45, 2.75) is 41.5 Å². The maximum absolute atomic E-state index is 9.82. The zero-order valence-corrected chi connectivity index (χ0v) is 18.3. The lowest BCUT2D eigenvalue weighted by atomic mass is 10.4. The van der Waals surface area contributed by atoms with Gasteiger partial charge in [-0.25, -0.2) is 0 Å². The van der Waals surface area contributed by atoms with Gasteiger partial charge in [-0.2, -0.15) is 0 Å². The lowest BCUT2D eigenvalue weighted by Crippen LogP contribution is -1.95. The molecule has 0 N–H and O–H groups in total. The lowest BCUT2D eigenvalue weighted by molar-refractivity contribution is -0.141. The number of methoxy groups -OCH3 is 2. The first-order chi connectivity index (χ1) is 12.4. The minimum Gasteiger partial charge on any atom is -0.466 e. The molecule has 1 rings (SSSR count). The summed E-state index contributed by atoms with van der Waals surface area (Å²) >= 11 is 0. The molecule has 6 nitrogen and oxygen atoms in total. The van der Waals surface area contributed by atoms with Crippen molar-refractivity contribution in [2.75, 3.05) is 41.7 Å². The van der Waals surface area contributed by atoms with Crippen LogP contribution in [0, 0.1) is 0 Å². The summed E-state index contributed by atoms with van der Waals surface area (Å²) in [5, 5.41) is 0. The molecule has 156 valence electrons. The van der Waals surface area contributed by atoms with Crippen molar-refractivity contribution in [1.82, 2.24) is 0 Å². The number of carbonyl (C=O) groups is 2. The molecule has 0 aliphatic carbocycles. The number of hydrogen-bond acceptors (Lipinski definition) is 6. The third-order valence-corrected chi connectivity index (χ3v) is 1.36. The molecule has 6 heteroatoms. The summed E-state index contributed by atoms with van der Waals surface area (Å²) in [5.74, 6) is -0.421. The van der Waals surface area contributed by atoms with Gasteiger partial charge >= 0.3 is 11.9 Å². The predicted molar refractivity (Wildman–Crippen MR) is 108 cm³/mol. The molecular formula is C20H40O6. The van der Waals surface area contributed by atoms with Crippen LogP contribution in [0.2, 0.25) is 0 Å². The first-order valence-electron chi connectivity index (χ1n) is 8.44. The van der Waals surface area contributed by atoms with E-state index in [-0.39, 0.29) is 11.9 Å². The molecule has 0 saturated heterocycles. The Balaban J connectivity index is -0.0000000711. The van der Waals surface area contributed by atoms with Crippen molar-refractivity contribution in [1.29, 1.82) is 0 Å². The van der Waals surface area contributed by atoms with Gasteiger partial charge in [0.2, 0.25) is 0 Å². The zero-order valence-electron chi connectivity index (χ0n) is 18.3. The molecule has 1 aromatic carbocycles. The van der Waals surface area contributed by atoms with Crippen LogP contribution in [0.25, 0.3) is 0 Å². The van der Waals surface area contributed by atoms with Crippen LogP contribution in [0.3, 0.4) is 0 Å². The number of rotatable bonds is 2. The number of hydrogen-bond donors (Lipinski definition) is 0. The second-order valence-corrected chi connectivity index (χ2v) is 3.82. The smallest absolute Gasteiger partial charge is 0.302 e. The van der Waals surface area contributed by atoms with Crippen LogP contribution in [0.4, 0.5) is 0 Å². The zero-order chi connectivity index (χ0) is 21.6. The SMILES string of the molecule is CC.CCOC(C)=O.CCOC(C)=O.COC.COC.c1ccccc1. The van der Waals surface area contributed by atoms with Crippen molar-refractivity contribution in [3.8, 4) is 0 Å². The van der Waals surface area contributed by atoms with E-state index in [1.807, 2.05) is 50.2 Å². The maximum Gasteiger partial charge on any atom is 0.302 e. The van der Waals surface area contributed by atoms with Crippen LogP contribution >= 0.6 is 0 Å². The first kappa shape index (κ1) is 35.2. The molecule has 0 atom stereocenters. The Morgan fingerprint density at radius 1 is 0.615 bits per heavy atom. The third-order valence-electron chi connectivity index (χ3n) is 1.36. The lowest BCUT2D eigenvalue weighted by Gasteiger charge is -1.89. The monoisotopic (exact) mass is 376 g/mol. The molecule has 0 radical (unpaired) electrons. The summed E-state index contributed by atoms with van der Waals surface area (Å²) in [6.45, 7) is 11.3. The van der Waals surface area contributed by atoms with Crippen LogP contribution in [0.5, 0.6) is 0 Å². The van der Waals surface area contributed by atoms with E-state index in [2.05, 4.69) is 18.9 Å². The van der Waals surface area contributed by atoms with Crippen molar-refractivity contribution in [3.05, 3.63) is 36.4 Å². The Morgan fingerprint density at radius 3 is 0.808 bits per heavy atom. The molecule has 0 unspecified atom stereocenters. The summed E-state index contributed by atoms with van der Waals surface area (Å²) in [5.41, 5.74) is 0. The standard InChI is InChI=1S/C6H6.2C4H8O2.2C2H6O.C2H6/c1-2-4-6-5-3-1;2*1-3-6-4(2)5;2*1-3-2;1-2/h1-6H;2*3H2,1-2H3;2*1-2H3;1-2H3. The summed E-state index contributed by atoms with van der Waals surface area (Å²) in [6.07, 6.45) is 0. The quantitative estimate of drug-likeness (QED) is 0.714. The molecule has 1 aromatic rings. The van der Waals surface area contributed by atoms with Crippen LogP contribution in [0.1, 0.15) is 41.5 Å². The molecule has 0 aliphatic heterocycles. The van der Waals surface area contributed by atoms with Gasteiger partial charge < -0.3 is 18.9 Å². The van der Waals surface area contributed by atoms with E-state index in [1.165, 1.54) is 13.8 Å². The highest BCUT2D eigenvalue weighted by atomic mass is 16.5. The van der Waals surface area contributed by atoms with Crippen LogP contribution < -0.4 is 0 Å². The Labute approximate surface area is 160 Å². The second kappa shape index (κ2) is 43.5. The van der Waals surface area contributed by atoms with Gasteiger partial charge in [-0.05, 0) is 13.8 Å². The van der Waals surface area contributed by atoms with E-state index < -0.39 is 0 Å². The molecule has 0 spiro atoms. The first-order valence-corrected chi connectivity index (χ1v) is 8.44. The third kappa shape index (κ3) is 96.6. The fraction of sp³-hybridized carbons (Fsp3) is 0.600. The number of benzene rings is 1. The Bertz CT molecular complexity index is 284. The minimum absolute atomic E-state index is 0.211. The number of carbonyl (C=O) groups excluding carboxylic acids is 2. The molecular weight excluding hydrogens is 336 g/mol. The van der Waals surface area contributed by atoms with Crippen molar-refractivity contribution in [2.24, 2.45) is 0 Å². The molecule has 0 saturated carbocycles. The average Bonchev–Trinajstić information content (AvgIpc) is 2.60. The molecule has 26 heavy (non-hydrogen) atoms. The normalized spacial score (nSPS) is 7.00. The second-order valence-electron chi connectivity index (χ2n) is 3.82. The van der Waals surface area contributed by atoms with E-state index >= 15 is 0 Å². The molecule has 0 amide bonds. The summed E-state index contributed by atoms with van der Waals surface area (Å²) in [7, 11) is 6.50. The van der Waals surface area contributed by atoms with E-state index in [0.717, 1.165) is 0 Å². The van der Waals surface area contributed by atoms with E-state index in [1.54, 1.807) is 42.3 Å². The Morgan fingerprint density at radius 2 is 0.769 bits per heavy atom. The van der Waals surface area contributed by atoms with Gasteiger partial charge in [-0.15, -0.1) is 0 Å². The molecule has 0 aromatic heterocycles. The van der Waals surface area contributed by atoms with Gasteiger partial charge in [0.05, 0.1) is 13.2 Å². The van der Waals surface area contributed by atoms with Crippen LogP contribution in [-0.2, 0) is 28.5 Å². The predicted octanol–water partition coefficient (Wildman–Crippen LogP) is 4.38. The van der Waals surface area contributed by atoms with Crippen LogP contribution in [-0.4, -0.2) is 53.6 Å². The largest absolute Gasteiger partial charge is 0.466 e. The average molecular weight is 377 g/mol. The van der Waals surface area contributed by atoms with Crippen molar-refractivity contribution in [3.63, 3.8) is 0 Å². The molecule has 0 aliphatic rings. The highest BCUT2D eigenvalue weighted by Crippen LogP contribution is 1.79. The summed E-state index contributed by atoms with van der Waals surface area (Å²) < 4.78 is 17.3. The topological polar surface area (TPSA) is 71.1 Å². The van der Waals surface area contributed by atoms with Crippen molar-refractivity contribution < 1.29 is 28.5 Å². The van der Waals surface area contributed by atoms with Gasteiger partial charge in [-0.1, -0.05) is 50.2 Å². The van der Waals surface area contributed by atoms with E-state index in [0.29, 0.717) is 13.2 Å². The number of ether oxygens (including phenoxy) is 4. The fourth-order valence-corrected chi connectivity index (χ4v) is 0.791. The molecule has 0 heterocycles. The highest BCUT2D eigenvalue weighted by Gasteiger charge is 1.82. The van der Waals surface area contributed by atoms with Gasteiger partial charge in [0, 0.05) is 42.3 Å².